The van der Waals surface area contributed by atoms with Gasteiger partial charge in [0, 0.05) is 6.04 Å². The Bertz CT molecular complexity index is 466. The van der Waals surface area contributed by atoms with Crippen LogP contribution in [0.1, 0.15) is 33.6 Å². The molecule has 0 saturated heterocycles. The van der Waals surface area contributed by atoms with Gasteiger partial charge in [-0.2, -0.15) is 0 Å². The first-order valence-corrected chi connectivity index (χ1v) is 7.00. The minimum atomic E-state index is -0.632. The van der Waals surface area contributed by atoms with E-state index in [-0.39, 0.29) is 16.2 Å². The van der Waals surface area contributed by atoms with E-state index in [1.54, 1.807) is 0 Å². The molecule has 106 valence electrons. The Labute approximate surface area is 120 Å². The maximum atomic E-state index is 13.3. The standard InChI is InChI=1S/C13H18BrFN2O2/c1-8(2)4-5-9(3)16-12-6-10(14)11(15)7-13(12)17(18)19/h6-9,16H,4-5H2,1-3H3. The minimum absolute atomic E-state index is 0.0958. The van der Waals surface area contributed by atoms with Gasteiger partial charge in [-0.15, -0.1) is 0 Å². The van der Waals surface area contributed by atoms with Gasteiger partial charge in [-0.25, -0.2) is 4.39 Å². The molecule has 1 rings (SSSR count). The molecular weight excluding hydrogens is 315 g/mol. The lowest BCUT2D eigenvalue weighted by atomic mass is 10.0. The molecule has 0 aromatic heterocycles. The molecule has 0 amide bonds. The third-order valence-corrected chi connectivity index (χ3v) is 3.42. The number of nitro groups is 1. The number of rotatable bonds is 6. The molecule has 1 unspecified atom stereocenters. The summed E-state index contributed by atoms with van der Waals surface area (Å²) in [6.07, 6.45) is 1.94. The summed E-state index contributed by atoms with van der Waals surface area (Å²) in [5.41, 5.74) is 0.103. The van der Waals surface area contributed by atoms with Crippen molar-refractivity contribution in [2.24, 2.45) is 5.92 Å². The van der Waals surface area contributed by atoms with Crippen LogP contribution in [-0.2, 0) is 0 Å². The second kappa shape index (κ2) is 6.84. The summed E-state index contributed by atoms with van der Waals surface area (Å²) in [7, 11) is 0. The number of nitrogens with zero attached hydrogens (tertiary/aromatic N) is 1. The third-order valence-electron chi connectivity index (χ3n) is 2.81. The van der Waals surface area contributed by atoms with Gasteiger partial charge in [-0.3, -0.25) is 10.1 Å². The Morgan fingerprint density at radius 3 is 2.53 bits per heavy atom. The summed E-state index contributed by atoms with van der Waals surface area (Å²) in [5.74, 6) is -0.0497. The molecule has 1 atom stereocenters. The second-order valence-corrected chi connectivity index (χ2v) is 5.91. The molecule has 0 spiro atoms. The predicted molar refractivity (Wildman–Crippen MR) is 77.9 cm³/mol. The van der Waals surface area contributed by atoms with Crippen molar-refractivity contribution in [3.05, 3.63) is 32.5 Å². The lowest BCUT2D eigenvalue weighted by molar-refractivity contribution is -0.384. The van der Waals surface area contributed by atoms with E-state index in [1.165, 1.54) is 6.07 Å². The van der Waals surface area contributed by atoms with E-state index in [9.17, 15) is 14.5 Å². The Morgan fingerprint density at radius 1 is 1.37 bits per heavy atom. The monoisotopic (exact) mass is 332 g/mol. The average molecular weight is 333 g/mol. The first-order valence-electron chi connectivity index (χ1n) is 6.21. The van der Waals surface area contributed by atoms with E-state index < -0.39 is 10.7 Å². The van der Waals surface area contributed by atoms with Gasteiger partial charge < -0.3 is 5.32 Å². The maximum Gasteiger partial charge on any atom is 0.295 e. The molecule has 0 fully saturated rings. The third kappa shape index (κ3) is 4.78. The van der Waals surface area contributed by atoms with E-state index in [2.05, 4.69) is 35.1 Å². The number of anilines is 1. The first-order chi connectivity index (χ1) is 8.81. The van der Waals surface area contributed by atoms with Gasteiger partial charge in [0.1, 0.15) is 11.5 Å². The number of nitrogens with one attached hydrogen (secondary N) is 1. The van der Waals surface area contributed by atoms with Crippen LogP contribution in [0, 0.1) is 21.8 Å². The van der Waals surface area contributed by atoms with Crippen molar-refractivity contribution < 1.29 is 9.31 Å². The Hall–Kier alpha value is -1.17. The van der Waals surface area contributed by atoms with Crippen molar-refractivity contribution in [2.75, 3.05) is 5.32 Å². The van der Waals surface area contributed by atoms with Crippen LogP contribution in [0.4, 0.5) is 15.8 Å². The summed E-state index contributed by atoms with van der Waals surface area (Å²) >= 11 is 3.04. The number of nitro benzene ring substituents is 1. The Balaban J connectivity index is 2.87. The van der Waals surface area contributed by atoms with E-state index in [1.807, 2.05) is 6.92 Å². The average Bonchev–Trinajstić information content (AvgIpc) is 2.30. The molecule has 1 aromatic rings. The molecule has 0 bridgehead atoms. The van der Waals surface area contributed by atoms with Crippen LogP contribution in [0.25, 0.3) is 0 Å². The Kier molecular flexibility index (Phi) is 5.72. The van der Waals surface area contributed by atoms with Crippen molar-refractivity contribution in [3.8, 4) is 0 Å². The van der Waals surface area contributed by atoms with E-state index in [4.69, 9.17) is 0 Å². The molecule has 6 heteroatoms. The van der Waals surface area contributed by atoms with Gasteiger partial charge >= 0.3 is 0 Å². The molecule has 0 radical (unpaired) electrons. The fourth-order valence-electron chi connectivity index (χ4n) is 1.72. The van der Waals surface area contributed by atoms with Crippen molar-refractivity contribution >= 4 is 27.3 Å². The highest BCUT2D eigenvalue weighted by atomic mass is 79.9. The normalized spacial score (nSPS) is 12.5. The highest BCUT2D eigenvalue weighted by Crippen LogP contribution is 2.31. The molecule has 1 aromatic carbocycles. The van der Waals surface area contributed by atoms with Gasteiger partial charge in [0.15, 0.2) is 0 Å². The van der Waals surface area contributed by atoms with Crippen molar-refractivity contribution in [1.82, 2.24) is 0 Å². The largest absolute Gasteiger partial charge is 0.377 e. The lowest BCUT2D eigenvalue weighted by Crippen LogP contribution is -2.17. The van der Waals surface area contributed by atoms with Crippen molar-refractivity contribution in [3.63, 3.8) is 0 Å². The fraction of sp³-hybridized carbons (Fsp3) is 0.538. The van der Waals surface area contributed by atoms with E-state index in [0.717, 1.165) is 18.9 Å². The van der Waals surface area contributed by atoms with Gasteiger partial charge in [-0.1, -0.05) is 13.8 Å². The summed E-state index contributed by atoms with van der Waals surface area (Å²) in [5, 5.41) is 14.0. The Morgan fingerprint density at radius 2 is 2.00 bits per heavy atom. The molecule has 0 aliphatic carbocycles. The summed E-state index contributed by atoms with van der Waals surface area (Å²) in [6, 6.07) is 2.44. The molecule has 0 saturated carbocycles. The van der Waals surface area contributed by atoms with Gasteiger partial charge in [0.25, 0.3) is 5.69 Å². The number of hydrogen-bond acceptors (Lipinski definition) is 3. The summed E-state index contributed by atoms with van der Waals surface area (Å²) in [4.78, 5) is 10.3. The van der Waals surface area contributed by atoms with E-state index in [0.29, 0.717) is 11.6 Å². The molecule has 4 nitrogen and oxygen atoms in total. The minimum Gasteiger partial charge on any atom is -0.377 e. The zero-order valence-corrected chi connectivity index (χ0v) is 12.8. The highest BCUT2D eigenvalue weighted by Gasteiger charge is 2.19. The van der Waals surface area contributed by atoms with Crippen LogP contribution in [0.3, 0.4) is 0 Å². The van der Waals surface area contributed by atoms with Crippen LogP contribution in [-0.4, -0.2) is 11.0 Å². The van der Waals surface area contributed by atoms with Gasteiger partial charge in [-0.05, 0) is 47.7 Å². The molecule has 0 heterocycles. The quantitative estimate of drug-likeness (QED) is 0.605. The number of hydrogen-bond donors (Lipinski definition) is 1. The fourth-order valence-corrected chi connectivity index (χ4v) is 2.07. The van der Waals surface area contributed by atoms with Gasteiger partial charge in [0.05, 0.1) is 15.5 Å². The zero-order chi connectivity index (χ0) is 14.6. The van der Waals surface area contributed by atoms with Crippen LogP contribution in [0.2, 0.25) is 0 Å². The summed E-state index contributed by atoms with van der Waals surface area (Å²) in [6.45, 7) is 6.22. The van der Waals surface area contributed by atoms with Crippen molar-refractivity contribution in [2.45, 2.75) is 39.7 Å². The SMILES string of the molecule is CC(C)CCC(C)Nc1cc(Br)c(F)cc1[N+](=O)[O-]. The summed E-state index contributed by atoms with van der Waals surface area (Å²) < 4.78 is 13.6. The molecular formula is C13H18BrFN2O2. The number of halogens is 2. The van der Waals surface area contributed by atoms with E-state index >= 15 is 0 Å². The molecule has 19 heavy (non-hydrogen) atoms. The lowest BCUT2D eigenvalue weighted by Gasteiger charge is -2.16. The topological polar surface area (TPSA) is 55.2 Å². The predicted octanol–water partition coefficient (Wildman–Crippen LogP) is 4.73. The smallest absolute Gasteiger partial charge is 0.295 e. The molecule has 1 N–H and O–H groups in total. The van der Waals surface area contributed by atoms with Crippen LogP contribution in [0.5, 0.6) is 0 Å². The highest BCUT2D eigenvalue weighted by molar-refractivity contribution is 9.10. The number of benzene rings is 1. The first kappa shape index (κ1) is 15.9. The van der Waals surface area contributed by atoms with Crippen LogP contribution < -0.4 is 5.32 Å². The molecule has 0 aliphatic heterocycles. The maximum absolute atomic E-state index is 13.3. The zero-order valence-electron chi connectivity index (χ0n) is 11.2. The van der Waals surface area contributed by atoms with Crippen LogP contribution in [0.15, 0.2) is 16.6 Å². The molecule has 0 aliphatic rings. The van der Waals surface area contributed by atoms with Gasteiger partial charge in [0.2, 0.25) is 0 Å². The van der Waals surface area contributed by atoms with Crippen molar-refractivity contribution in [1.29, 1.82) is 0 Å². The second-order valence-electron chi connectivity index (χ2n) is 5.06. The van der Waals surface area contributed by atoms with Crippen LogP contribution >= 0.6 is 15.9 Å².